The van der Waals surface area contributed by atoms with Gasteiger partial charge in [-0.05, 0) is 14.1 Å². The smallest absolute Gasteiger partial charge is 0.267 e. The van der Waals surface area contributed by atoms with Gasteiger partial charge in [0.2, 0.25) is 5.95 Å². The zero-order chi connectivity index (χ0) is 13.7. The number of primary amides is 1. The van der Waals surface area contributed by atoms with Gasteiger partial charge < -0.3 is 15.5 Å². The number of carbonyl (C=O) groups excluding carboxylic acids is 1. The second-order valence-electron chi connectivity index (χ2n) is 4.17. The number of nitrogens with zero attached hydrogens (tertiary/aromatic N) is 4. The van der Waals surface area contributed by atoms with Gasteiger partial charge in [-0.15, -0.1) is 6.42 Å². The van der Waals surface area contributed by atoms with Crippen LogP contribution in [-0.2, 0) is 0 Å². The van der Waals surface area contributed by atoms with Crippen molar-refractivity contribution in [2.75, 3.05) is 39.1 Å². The minimum Gasteiger partial charge on any atom is -0.364 e. The van der Waals surface area contributed by atoms with Crippen molar-refractivity contribution in [3.63, 3.8) is 0 Å². The van der Waals surface area contributed by atoms with Crippen molar-refractivity contribution in [2.45, 2.75) is 0 Å². The lowest BCUT2D eigenvalue weighted by Gasteiger charge is -2.19. The number of likely N-dealkylation sites (N-methyl/N-ethyl adjacent to an activating group) is 2. The third-order valence-electron chi connectivity index (χ3n) is 2.34. The topological polar surface area (TPSA) is 75.4 Å². The van der Waals surface area contributed by atoms with Gasteiger partial charge in [-0.3, -0.25) is 4.79 Å². The quantitative estimate of drug-likeness (QED) is 0.714. The Morgan fingerprint density at radius 2 is 2.06 bits per heavy atom. The first-order valence-corrected chi connectivity index (χ1v) is 5.45. The van der Waals surface area contributed by atoms with Crippen LogP contribution in [0.2, 0.25) is 0 Å². The number of hydrogen-bond donors (Lipinski definition) is 1. The summed E-state index contributed by atoms with van der Waals surface area (Å²) in [5.74, 6) is 2.18. The molecule has 0 aliphatic heterocycles. The molecule has 1 aromatic rings. The average molecular weight is 247 g/mol. The molecule has 0 aromatic carbocycles. The van der Waals surface area contributed by atoms with Crippen molar-refractivity contribution in [2.24, 2.45) is 5.73 Å². The zero-order valence-electron chi connectivity index (χ0n) is 10.8. The van der Waals surface area contributed by atoms with Gasteiger partial charge in [-0.25, -0.2) is 9.97 Å². The van der Waals surface area contributed by atoms with E-state index >= 15 is 0 Å². The molecule has 0 aliphatic carbocycles. The van der Waals surface area contributed by atoms with E-state index in [9.17, 15) is 4.79 Å². The van der Waals surface area contributed by atoms with Crippen molar-refractivity contribution in [1.29, 1.82) is 0 Å². The normalized spacial score (nSPS) is 10.2. The number of amides is 1. The second kappa shape index (κ2) is 5.98. The molecule has 0 aliphatic rings. The predicted molar refractivity (Wildman–Crippen MR) is 70.3 cm³/mol. The van der Waals surface area contributed by atoms with Crippen molar-refractivity contribution >= 4 is 11.9 Å². The fraction of sp³-hybridized carbons (Fsp3) is 0.417. The van der Waals surface area contributed by atoms with E-state index in [1.807, 2.05) is 30.9 Å². The van der Waals surface area contributed by atoms with Crippen molar-refractivity contribution in [1.82, 2.24) is 14.9 Å². The van der Waals surface area contributed by atoms with E-state index in [0.717, 1.165) is 13.1 Å². The van der Waals surface area contributed by atoms with E-state index in [1.54, 1.807) is 0 Å². The van der Waals surface area contributed by atoms with E-state index in [4.69, 9.17) is 12.2 Å². The largest absolute Gasteiger partial charge is 0.364 e. The van der Waals surface area contributed by atoms with Gasteiger partial charge in [0.15, 0.2) is 0 Å². The third-order valence-corrected chi connectivity index (χ3v) is 2.34. The minimum atomic E-state index is -0.615. The SMILES string of the molecule is C#Cc1cc(C(N)=O)nc(N(C)CCN(C)C)n1. The van der Waals surface area contributed by atoms with Crippen LogP contribution in [0.25, 0.3) is 0 Å². The van der Waals surface area contributed by atoms with Gasteiger partial charge in [0.25, 0.3) is 5.91 Å². The third kappa shape index (κ3) is 3.71. The van der Waals surface area contributed by atoms with Crippen molar-refractivity contribution in [3.05, 3.63) is 17.5 Å². The number of carbonyl (C=O) groups is 1. The highest BCUT2D eigenvalue weighted by molar-refractivity contribution is 5.91. The molecule has 0 saturated heterocycles. The molecule has 0 atom stereocenters. The number of hydrogen-bond acceptors (Lipinski definition) is 5. The predicted octanol–water partition coefficient (Wildman–Crippen LogP) is -0.445. The van der Waals surface area contributed by atoms with Crippen LogP contribution in [0.4, 0.5) is 5.95 Å². The standard InChI is InChI=1S/C12H17N5O/c1-5-9-8-10(11(13)18)15-12(14-9)17(4)7-6-16(2)3/h1,8H,6-7H2,2-4H3,(H2,13,18). The zero-order valence-corrected chi connectivity index (χ0v) is 10.8. The highest BCUT2D eigenvalue weighted by Gasteiger charge is 2.11. The van der Waals surface area contributed by atoms with Gasteiger partial charge in [-0.1, -0.05) is 5.92 Å². The maximum Gasteiger partial charge on any atom is 0.267 e. The van der Waals surface area contributed by atoms with E-state index in [1.165, 1.54) is 6.07 Å². The molecule has 0 radical (unpaired) electrons. The molecular formula is C12H17N5O. The molecule has 1 rings (SSSR count). The number of rotatable bonds is 5. The van der Waals surface area contributed by atoms with Gasteiger partial charge in [0.05, 0.1) is 0 Å². The molecule has 6 nitrogen and oxygen atoms in total. The van der Waals surface area contributed by atoms with Gasteiger partial charge >= 0.3 is 0 Å². The lowest BCUT2D eigenvalue weighted by molar-refractivity contribution is 0.0995. The number of nitrogens with two attached hydrogens (primary N) is 1. The Kier molecular flexibility index (Phi) is 4.63. The molecule has 1 aromatic heterocycles. The monoisotopic (exact) mass is 247 g/mol. The summed E-state index contributed by atoms with van der Waals surface area (Å²) in [6.45, 7) is 1.56. The summed E-state index contributed by atoms with van der Waals surface area (Å²) in [6.07, 6.45) is 5.29. The first-order valence-electron chi connectivity index (χ1n) is 5.45. The molecule has 0 saturated carbocycles. The highest BCUT2D eigenvalue weighted by atomic mass is 16.1. The van der Waals surface area contributed by atoms with Crippen molar-refractivity contribution < 1.29 is 4.79 Å². The fourth-order valence-electron chi connectivity index (χ4n) is 1.26. The molecule has 0 fully saturated rings. The van der Waals surface area contributed by atoms with Crippen LogP contribution in [0, 0.1) is 12.3 Å². The lowest BCUT2D eigenvalue weighted by Crippen LogP contribution is -2.30. The number of terminal acetylenes is 1. The summed E-state index contributed by atoms with van der Waals surface area (Å²) >= 11 is 0. The summed E-state index contributed by atoms with van der Waals surface area (Å²) in [6, 6.07) is 1.41. The first kappa shape index (κ1) is 13.9. The van der Waals surface area contributed by atoms with Gasteiger partial charge in [0, 0.05) is 26.2 Å². The first-order chi connectivity index (χ1) is 8.43. The average Bonchev–Trinajstić information content (AvgIpc) is 2.35. The summed E-state index contributed by atoms with van der Waals surface area (Å²) in [7, 11) is 5.78. The molecule has 0 bridgehead atoms. The molecular weight excluding hydrogens is 230 g/mol. The molecule has 6 heteroatoms. The molecule has 2 N–H and O–H groups in total. The Bertz CT molecular complexity index is 478. The highest BCUT2D eigenvalue weighted by Crippen LogP contribution is 2.08. The van der Waals surface area contributed by atoms with E-state index in [2.05, 4.69) is 15.9 Å². The van der Waals surface area contributed by atoms with Gasteiger partial charge in [0.1, 0.15) is 11.4 Å². The van der Waals surface area contributed by atoms with Crippen LogP contribution in [0.1, 0.15) is 16.2 Å². The lowest BCUT2D eigenvalue weighted by atomic mass is 10.3. The Labute approximate surface area is 107 Å². The number of anilines is 1. The van der Waals surface area contributed by atoms with Crippen LogP contribution >= 0.6 is 0 Å². The Balaban J connectivity index is 2.97. The fourth-order valence-corrected chi connectivity index (χ4v) is 1.26. The maximum atomic E-state index is 11.1. The van der Waals surface area contributed by atoms with E-state index in [-0.39, 0.29) is 5.69 Å². The molecule has 0 unspecified atom stereocenters. The molecule has 18 heavy (non-hydrogen) atoms. The maximum absolute atomic E-state index is 11.1. The Morgan fingerprint density at radius 3 is 2.56 bits per heavy atom. The van der Waals surface area contributed by atoms with Crippen LogP contribution < -0.4 is 10.6 Å². The summed E-state index contributed by atoms with van der Waals surface area (Å²) in [4.78, 5) is 23.3. The van der Waals surface area contributed by atoms with Gasteiger partial charge in [-0.2, -0.15) is 0 Å². The summed E-state index contributed by atoms with van der Waals surface area (Å²) in [5, 5.41) is 0. The Hall–Kier alpha value is -2.13. The van der Waals surface area contributed by atoms with Crippen molar-refractivity contribution in [3.8, 4) is 12.3 Å². The van der Waals surface area contributed by atoms with Crippen LogP contribution in [0.5, 0.6) is 0 Å². The Morgan fingerprint density at radius 1 is 1.39 bits per heavy atom. The molecule has 0 spiro atoms. The summed E-state index contributed by atoms with van der Waals surface area (Å²) in [5.41, 5.74) is 5.69. The van der Waals surface area contributed by atoms with E-state index < -0.39 is 5.91 Å². The molecule has 96 valence electrons. The van der Waals surface area contributed by atoms with Crippen LogP contribution in [-0.4, -0.2) is 55.0 Å². The number of aromatic nitrogens is 2. The van der Waals surface area contributed by atoms with E-state index in [0.29, 0.717) is 11.6 Å². The molecule has 1 heterocycles. The van der Waals surface area contributed by atoms with Crippen LogP contribution in [0.3, 0.4) is 0 Å². The minimum absolute atomic E-state index is 0.129. The second-order valence-corrected chi connectivity index (χ2v) is 4.17. The molecule has 1 amide bonds. The van der Waals surface area contributed by atoms with Crippen LogP contribution in [0.15, 0.2) is 6.07 Å². The summed E-state index contributed by atoms with van der Waals surface area (Å²) < 4.78 is 0.